The maximum absolute atomic E-state index is 14.0. The molecule has 3 nitrogen and oxygen atoms in total. The Balaban J connectivity index is 1.50. The fourth-order valence-corrected chi connectivity index (χ4v) is 3.94. The first kappa shape index (κ1) is 20.8. The highest BCUT2D eigenvalue weighted by Gasteiger charge is 2.26. The summed E-state index contributed by atoms with van der Waals surface area (Å²) < 4.78 is 14.0. The molecular weight excluding hydrogens is 375 g/mol. The molecule has 0 aliphatic carbocycles. The molecule has 0 radical (unpaired) electrons. The van der Waals surface area contributed by atoms with Crippen molar-refractivity contribution in [2.45, 2.75) is 45.7 Å². The molecule has 150 valence electrons. The lowest BCUT2D eigenvalue weighted by Gasteiger charge is -2.32. The van der Waals surface area contributed by atoms with Crippen molar-refractivity contribution in [2.24, 2.45) is 5.92 Å². The molecule has 0 bridgehead atoms. The van der Waals surface area contributed by atoms with E-state index in [0.29, 0.717) is 17.1 Å². The minimum atomic E-state index is -0.268. The summed E-state index contributed by atoms with van der Waals surface area (Å²) in [5.41, 5.74) is 2.96. The molecule has 0 spiro atoms. The van der Waals surface area contributed by atoms with E-state index >= 15 is 0 Å². The molecule has 1 atom stereocenters. The Morgan fingerprint density at radius 1 is 1.21 bits per heavy atom. The van der Waals surface area contributed by atoms with Crippen LogP contribution in [0.5, 0.6) is 0 Å². The predicted molar refractivity (Wildman–Crippen MR) is 112 cm³/mol. The van der Waals surface area contributed by atoms with Crippen LogP contribution in [0.15, 0.2) is 42.5 Å². The van der Waals surface area contributed by atoms with E-state index in [0.717, 1.165) is 37.9 Å². The highest BCUT2D eigenvalue weighted by atomic mass is 35.5. The number of amides is 1. The number of benzene rings is 2. The highest BCUT2D eigenvalue weighted by molar-refractivity contribution is 6.31. The van der Waals surface area contributed by atoms with Crippen molar-refractivity contribution < 1.29 is 9.18 Å². The van der Waals surface area contributed by atoms with Gasteiger partial charge >= 0.3 is 0 Å². The van der Waals surface area contributed by atoms with Gasteiger partial charge in [-0.3, -0.25) is 9.69 Å². The third-order valence-corrected chi connectivity index (χ3v) is 6.00. The van der Waals surface area contributed by atoms with Gasteiger partial charge in [0.1, 0.15) is 5.82 Å². The largest absolute Gasteiger partial charge is 0.349 e. The number of hydrogen-bond acceptors (Lipinski definition) is 2. The molecular formula is C23H28ClFN2O. The third kappa shape index (κ3) is 5.12. The van der Waals surface area contributed by atoms with Crippen LogP contribution in [0.3, 0.4) is 0 Å². The molecule has 5 heteroatoms. The SMILES string of the molecule is CCc1ccc([C@H](C)NC(=O)C2CCN(Cc3c(F)cccc3Cl)CC2)cc1. The van der Waals surface area contributed by atoms with Crippen LogP contribution in [-0.4, -0.2) is 23.9 Å². The van der Waals surface area contributed by atoms with E-state index in [4.69, 9.17) is 11.6 Å². The number of carbonyl (C=O) groups is 1. The van der Waals surface area contributed by atoms with Gasteiger partial charge in [0, 0.05) is 23.0 Å². The number of piperidine rings is 1. The Morgan fingerprint density at radius 2 is 1.89 bits per heavy atom. The summed E-state index contributed by atoms with van der Waals surface area (Å²) in [6.45, 7) is 6.17. The van der Waals surface area contributed by atoms with Gasteiger partial charge in [-0.25, -0.2) is 4.39 Å². The molecule has 0 unspecified atom stereocenters. The predicted octanol–water partition coefficient (Wildman–Crippen LogP) is 5.13. The lowest BCUT2D eigenvalue weighted by molar-refractivity contribution is -0.127. The lowest BCUT2D eigenvalue weighted by Crippen LogP contribution is -2.41. The van der Waals surface area contributed by atoms with E-state index in [1.807, 2.05) is 6.92 Å². The molecule has 28 heavy (non-hydrogen) atoms. The quantitative estimate of drug-likeness (QED) is 0.726. The summed E-state index contributed by atoms with van der Waals surface area (Å²) in [6.07, 6.45) is 2.57. The van der Waals surface area contributed by atoms with E-state index in [1.54, 1.807) is 12.1 Å². The fourth-order valence-electron chi connectivity index (χ4n) is 3.72. The van der Waals surface area contributed by atoms with Gasteiger partial charge in [-0.15, -0.1) is 0 Å². The first-order valence-corrected chi connectivity index (χ1v) is 10.4. The number of hydrogen-bond donors (Lipinski definition) is 1. The molecule has 1 aliphatic heterocycles. The van der Waals surface area contributed by atoms with E-state index in [1.165, 1.54) is 11.6 Å². The second-order valence-electron chi connectivity index (χ2n) is 7.58. The Bertz CT molecular complexity index is 780. The summed E-state index contributed by atoms with van der Waals surface area (Å²) >= 11 is 6.13. The average molecular weight is 403 g/mol. The van der Waals surface area contributed by atoms with E-state index in [9.17, 15) is 9.18 Å². The van der Waals surface area contributed by atoms with Crippen LogP contribution in [0, 0.1) is 11.7 Å². The molecule has 0 saturated carbocycles. The van der Waals surface area contributed by atoms with Crippen LogP contribution in [0.1, 0.15) is 49.4 Å². The summed E-state index contributed by atoms with van der Waals surface area (Å²) in [4.78, 5) is 14.8. The number of nitrogens with one attached hydrogen (secondary N) is 1. The monoisotopic (exact) mass is 402 g/mol. The van der Waals surface area contributed by atoms with Crippen LogP contribution in [0.2, 0.25) is 5.02 Å². The summed E-state index contributed by atoms with van der Waals surface area (Å²) in [6, 6.07) is 13.2. The molecule has 1 N–H and O–H groups in total. The molecule has 1 saturated heterocycles. The first-order valence-electron chi connectivity index (χ1n) is 10.0. The van der Waals surface area contributed by atoms with Gasteiger partial charge in [0.05, 0.1) is 6.04 Å². The van der Waals surface area contributed by atoms with Crippen molar-refractivity contribution >= 4 is 17.5 Å². The van der Waals surface area contributed by atoms with Crippen molar-refractivity contribution in [2.75, 3.05) is 13.1 Å². The van der Waals surface area contributed by atoms with E-state index in [2.05, 4.69) is 41.4 Å². The summed E-state index contributed by atoms with van der Waals surface area (Å²) in [7, 11) is 0. The zero-order valence-electron chi connectivity index (χ0n) is 16.6. The topological polar surface area (TPSA) is 32.3 Å². The normalized spacial score (nSPS) is 16.7. The Morgan fingerprint density at radius 3 is 2.50 bits per heavy atom. The highest BCUT2D eigenvalue weighted by Crippen LogP contribution is 2.25. The minimum Gasteiger partial charge on any atom is -0.349 e. The van der Waals surface area contributed by atoms with Gasteiger partial charge in [-0.2, -0.15) is 0 Å². The van der Waals surface area contributed by atoms with Crippen molar-refractivity contribution in [3.63, 3.8) is 0 Å². The molecule has 3 rings (SSSR count). The van der Waals surface area contributed by atoms with Crippen molar-refractivity contribution in [3.8, 4) is 0 Å². The van der Waals surface area contributed by atoms with Crippen LogP contribution in [0.4, 0.5) is 4.39 Å². The molecule has 2 aromatic rings. The van der Waals surface area contributed by atoms with E-state index in [-0.39, 0.29) is 23.7 Å². The third-order valence-electron chi connectivity index (χ3n) is 5.65. The average Bonchev–Trinajstić information content (AvgIpc) is 2.71. The van der Waals surface area contributed by atoms with Gasteiger partial charge in [-0.05, 0) is 62.5 Å². The summed E-state index contributed by atoms with van der Waals surface area (Å²) in [5, 5.41) is 3.61. The smallest absolute Gasteiger partial charge is 0.223 e. The van der Waals surface area contributed by atoms with Gasteiger partial charge < -0.3 is 5.32 Å². The van der Waals surface area contributed by atoms with Gasteiger partial charge in [0.25, 0.3) is 0 Å². The van der Waals surface area contributed by atoms with E-state index < -0.39 is 0 Å². The first-order chi connectivity index (χ1) is 13.5. The fraction of sp³-hybridized carbons (Fsp3) is 0.435. The molecule has 1 aliphatic rings. The second kappa shape index (κ2) is 9.53. The van der Waals surface area contributed by atoms with Crippen LogP contribution >= 0.6 is 11.6 Å². The van der Waals surface area contributed by atoms with Crippen LogP contribution in [-0.2, 0) is 17.8 Å². The molecule has 1 fully saturated rings. The van der Waals surface area contributed by atoms with Crippen molar-refractivity contribution in [1.29, 1.82) is 0 Å². The molecule has 2 aromatic carbocycles. The maximum atomic E-state index is 14.0. The van der Waals surface area contributed by atoms with Crippen molar-refractivity contribution in [3.05, 3.63) is 70.0 Å². The zero-order valence-corrected chi connectivity index (χ0v) is 17.3. The standard InChI is InChI=1S/C23H28ClFN2O/c1-3-17-7-9-18(10-8-17)16(2)26-23(28)19-11-13-27(14-12-19)15-20-21(24)5-4-6-22(20)25/h4-10,16,19H,3,11-15H2,1-2H3,(H,26,28)/t16-/m0/s1. The number of rotatable bonds is 6. The lowest BCUT2D eigenvalue weighted by atomic mass is 9.94. The van der Waals surface area contributed by atoms with Crippen molar-refractivity contribution in [1.82, 2.24) is 10.2 Å². The molecule has 1 amide bonds. The van der Waals surface area contributed by atoms with Gasteiger partial charge in [0.2, 0.25) is 5.91 Å². The number of nitrogens with zero attached hydrogens (tertiary/aromatic N) is 1. The molecule has 1 heterocycles. The number of likely N-dealkylation sites (tertiary alicyclic amines) is 1. The zero-order chi connectivity index (χ0) is 20.1. The van der Waals surface area contributed by atoms with Crippen LogP contribution < -0.4 is 5.32 Å². The summed E-state index contributed by atoms with van der Waals surface area (Å²) in [5.74, 6) is -0.157. The Labute approximate surface area is 171 Å². The van der Waals surface area contributed by atoms with Gasteiger partial charge in [-0.1, -0.05) is 48.9 Å². The molecule has 0 aromatic heterocycles. The number of halogens is 2. The number of aryl methyl sites for hydroxylation is 1. The number of carbonyl (C=O) groups excluding carboxylic acids is 1. The Hall–Kier alpha value is -1.91. The van der Waals surface area contributed by atoms with Crippen LogP contribution in [0.25, 0.3) is 0 Å². The minimum absolute atomic E-state index is 0.00436. The van der Waals surface area contributed by atoms with Gasteiger partial charge in [0.15, 0.2) is 0 Å². The second-order valence-corrected chi connectivity index (χ2v) is 7.98. The maximum Gasteiger partial charge on any atom is 0.223 e. The Kier molecular flexibility index (Phi) is 7.08.